The van der Waals surface area contributed by atoms with Crippen molar-refractivity contribution in [3.63, 3.8) is 0 Å². The van der Waals surface area contributed by atoms with Crippen molar-refractivity contribution < 1.29 is 0 Å². The molecule has 0 aliphatic carbocycles. The van der Waals surface area contributed by atoms with E-state index < -0.39 is 0 Å². The average molecular weight is 840 g/mol. The molecule has 0 saturated carbocycles. The maximum absolute atomic E-state index is 5.25. The highest BCUT2D eigenvalue weighted by Gasteiger charge is 2.22. The lowest BCUT2D eigenvalue weighted by Gasteiger charge is -2.15. The number of fused-ring (bicyclic) bond motifs is 11. The zero-order chi connectivity index (χ0) is 43.3. The summed E-state index contributed by atoms with van der Waals surface area (Å²) in [4.78, 5) is 15.5. The summed E-state index contributed by atoms with van der Waals surface area (Å²) < 4.78 is 4.92. The molecular formula is C61H37N5. The largest absolute Gasteiger partial charge is 0.309 e. The van der Waals surface area contributed by atoms with Gasteiger partial charge in [-0.2, -0.15) is 0 Å². The third kappa shape index (κ3) is 5.57. The molecule has 3 heterocycles. The smallest absolute Gasteiger partial charge is 0.164 e. The van der Waals surface area contributed by atoms with Crippen LogP contribution in [0.3, 0.4) is 0 Å². The van der Waals surface area contributed by atoms with Crippen molar-refractivity contribution in [2.75, 3.05) is 0 Å². The maximum atomic E-state index is 5.25. The van der Waals surface area contributed by atoms with Crippen LogP contribution in [0.25, 0.3) is 132 Å². The normalized spacial score (nSPS) is 11.9. The number of aromatic nitrogens is 5. The predicted octanol–water partition coefficient (Wildman–Crippen LogP) is 15.7. The number of hydrogen-bond donors (Lipinski definition) is 0. The van der Waals surface area contributed by atoms with Gasteiger partial charge in [0, 0.05) is 49.3 Å². The number of benzene rings is 11. The van der Waals surface area contributed by atoms with E-state index in [9.17, 15) is 0 Å². The van der Waals surface area contributed by atoms with Crippen molar-refractivity contribution in [1.29, 1.82) is 0 Å². The van der Waals surface area contributed by atoms with Crippen molar-refractivity contribution in [3.05, 3.63) is 224 Å². The Morgan fingerprint density at radius 1 is 0.273 bits per heavy atom. The van der Waals surface area contributed by atoms with E-state index in [4.69, 9.17) is 15.0 Å². The van der Waals surface area contributed by atoms with Crippen molar-refractivity contribution in [2.24, 2.45) is 0 Å². The Morgan fingerprint density at radius 3 is 1.67 bits per heavy atom. The molecule has 0 aliphatic heterocycles. The van der Waals surface area contributed by atoms with Crippen LogP contribution >= 0.6 is 0 Å². The Kier molecular flexibility index (Phi) is 7.91. The van der Waals surface area contributed by atoms with Crippen LogP contribution in [0.2, 0.25) is 0 Å². The van der Waals surface area contributed by atoms with E-state index in [-0.39, 0.29) is 0 Å². The van der Waals surface area contributed by atoms with E-state index >= 15 is 0 Å². The highest BCUT2D eigenvalue weighted by molar-refractivity contribution is 6.25. The standard InChI is InChI=1S/C61H37N5/c1-2-17-41(18-3-1)59-62-60(44-27-26-38-14-4-6-19-42(38)34-44)64-61(63-59)50-31-33-54(48-23-11-10-22-47(48)50)66-53-25-13-12-24-49(53)51-36-52-57(37-56(51)66)65(45-30-28-39-15-5-7-20-43(39)35-45)55-32-29-40-16-8-9-21-46(40)58(52)55/h1-37H. The molecule has 0 fully saturated rings. The molecule has 5 nitrogen and oxygen atoms in total. The van der Waals surface area contributed by atoms with Crippen LogP contribution in [0.5, 0.6) is 0 Å². The second-order valence-corrected chi connectivity index (χ2v) is 17.2. The van der Waals surface area contributed by atoms with Crippen LogP contribution in [0, 0.1) is 0 Å². The van der Waals surface area contributed by atoms with E-state index in [1.165, 1.54) is 54.0 Å². The molecule has 0 atom stereocenters. The lowest BCUT2D eigenvalue weighted by Crippen LogP contribution is -2.02. The van der Waals surface area contributed by atoms with E-state index in [0.717, 1.165) is 60.8 Å². The van der Waals surface area contributed by atoms with Crippen molar-refractivity contribution in [2.45, 2.75) is 0 Å². The average Bonchev–Trinajstić information content (AvgIpc) is 3.89. The van der Waals surface area contributed by atoms with Gasteiger partial charge in [-0.15, -0.1) is 0 Å². The third-order valence-electron chi connectivity index (χ3n) is 13.5. The van der Waals surface area contributed by atoms with Gasteiger partial charge in [0.2, 0.25) is 0 Å². The third-order valence-corrected chi connectivity index (χ3v) is 13.5. The van der Waals surface area contributed by atoms with Gasteiger partial charge in [0.15, 0.2) is 17.5 Å². The van der Waals surface area contributed by atoms with Gasteiger partial charge in [-0.1, -0.05) is 170 Å². The molecule has 0 radical (unpaired) electrons. The van der Waals surface area contributed by atoms with E-state index in [1.54, 1.807) is 0 Å². The van der Waals surface area contributed by atoms with Gasteiger partial charge >= 0.3 is 0 Å². The predicted molar refractivity (Wildman–Crippen MR) is 275 cm³/mol. The molecule has 11 aromatic carbocycles. The summed E-state index contributed by atoms with van der Waals surface area (Å²) in [6.45, 7) is 0. The number of hydrogen-bond acceptors (Lipinski definition) is 3. The molecule has 306 valence electrons. The number of rotatable bonds is 5. The first-order valence-electron chi connectivity index (χ1n) is 22.4. The van der Waals surface area contributed by atoms with Crippen molar-refractivity contribution in [1.82, 2.24) is 24.1 Å². The van der Waals surface area contributed by atoms with Crippen LogP contribution in [0.15, 0.2) is 224 Å². The van der Waals surface area contributed by atoms with Gasteiger partial charge in [-0.05, 0) is 92.3 Å². The second kappa shape index (κ2) is 14.3. The summed E-state index contributed by atoms with van der Waals surface area (Å²) in [5.41, 5.74) is 9.69. The Labute approximate surface area is 379 Å². The van der Waals surface area contributed by atoms with Crippen LogP contribution in [0.1, 0.15) is 0 Å². The minimum Gasteiger partial charge on any atom is -0.309 e. The lowest BCUT2D eigenvalue weighted by molar-refractivity contribution is 1.08. The molecule has 3 aromatic heterocycles. The quantitative estimate of drug-likeness (QED) is 0.173. The molecular weight excluding hydrogens is 803 g/mol. The van der Waals surface area contributed by atoms with E-state index in [0.29, 0.717) is 17.5 Å². The lowest BCUT2D eigenvalue weighted by atomic mass is 10.0. The van der Waals surface area contributed by atoms with E-state index in [1.807, 2.05) is 18.2 Å². The van der Waals surface area contributed by atoms with Crippen LogP contribution in [-0.4, -0.2) is 24.1 Å². The molecule has 14 aromatic rings. The van der Waals surface area contributed by atoms with Gasteiger partial charge in [0.25, 0.3) is 0 Å². The van der Waals surface area contributed by atoms with Crippen LogP contribution < -0.4 is 0 Å². The monoisotopic (exact) mass is 839 g/mol. The van der Waals surface area contributed by atoms with Crippen molar-refractivity contribution >= 4 is 86.7 Å². The Bertz CT molecular complexity index is 4290. The zero-order valence-electron chi connectivity index (χ0n) is 35.6. The Balaban J connectivity index is 1.03. The summed E-state index contributed by atoms with van der Waals surface area (Å²) in [5.74, 6) is 1.91. The molecule has 0 spiro atoms. The summed E-state index contributed by atoms with van der Waals surface area (Å²) >= 11 is 0. The van der Waals surface area contributed by atoms with Gasteiger partial charge in [-0.25, -0.2) is 15.0 Å². The summed E-state index contributed by atoms with van der Waals surface area (Å²) in [6.07, 6.45) is 0. The summed E-state index contributed by atoms with van der Waals surface area (Å²) in [6, 6.07) is 80.6. The fourth-order valence-electron chi connectivity index (χ4n) is 10.4. The first-order chi connectivity index (χ1) is 32.7. The van der Waals surface area contributed by atoms with Crippen LogP contribution in [-0.2, 0) is 0 Å². The van der Waals surface area contributed by atoms with Gasteiger partial charge in [-0.3, -0.25) is 0 Å². The maximum Gasteiger partial charge on any atom is 0.164 e. The highest BCUT2D eigenvalue weighted by Crippen LogP contribution is 2.44. The van der Waals surface area contributed by atoms with Crippen molar-refractivity contribution in [3.8, 4) is 45.5 Å². The highest BCUT2D eigenvalue weighted by atomic mass is 15.0. The molecule has 0 N–H and O–H groups in total. The fraction of sp³-hybridized carbons (Fsp3) is 0. The minimum atomic E-state index is 0.630. The SMILES string of the molecule is c1ccc(-c2nc(-c3ccc4ccccc4c3)nc(-c3ccc(-n4c5ccccc5c5cc6c7c8ccccc8ccc7n(-c7ccc8ccccc8c7)c6cc54)c4ccccc34)n2)cc1. The topological polar surface area (TPSA) is 48.5 Å². The second-order valence-electron chi connectivity index (χ2n) is 17.2. The Morgan fingerprint density at radius 2 is 0.864 bits per heavy atom. The minimum absolute atomic E-state index is 0.630. The van der Waals surface area contributed by atoms with Gasteiger partial charge in [0.05, 0.1) is 27.8 Å². The first kappa shape index (κ1) is 36.5. The molecule has 5 heteroatoms. The molecule has 0 aliphatic rings. The van der Waals surface area contributed by atoms with Crippen LogP contribution in [0.4, 0.5) is 0 Å². The fourth-order valence-corrected chi connectivity index (χ4v) is 10.4. The van der Waals surface area contributed by atoms with Gasteiger partial charge < -0.3 is 9.13 Å². The molecule has 0 unspecified atom stereocenters. The number of nitrogens with zero attached hydrogens (tertiary/aromatic N) is 5. The van der Waals surface area contributed by atoms with E-state index in [2.05, 4.69) is 215 Å². The summed E-state index contributed by atoms with van der Waals surface area (Å²) in [7, 11) is 0. The zero-order valence-corrected chi connectivity index (χ0v) is 35.6. The number of para-hydroxylation sites is 1. The Hall–Kier alpha value is -8.93. The molecule has 14 rings (SSSR count). The first-order valence-corrected chi connectivity index (χ1v) is 22.4. The molecule has 0 saturated heterocycles. The molecule has 66 heavy (non-hydrogen) atoms. The van der Waals surface area contributed by atoms with Gasteiger partial charge in [0.1, 0.15) is 0 Å². The molecule has 0 amide bonds. The molecule has 0 bridgehead atoms. The summed E-state index contributed by atoms with van der Waals surface area (Å²) in [5, 5.41) is 14.3.